The van der Waals surface area contributed by atoms with Crippen molar-refractivity contribution in [3.05, 3.63) is 97.6 Å². The average Bonchev–Trinajstić information content (AvgIpc) is 3.02. The van der Waals surface area contributed by atoms with E-state index in [9.17, 15) is 14.0 Å². The van der Waals surface area contributed by atoms with Crippen LogP contribution in [0.1, 0.15) is 11.1 Å². The third-order valence-corrected chi connectivity index (χ3v) is 6.18. The molecule has 4 rings (SSSR count). The molecule has 0 aliphatic carbocycles. The van der Waals surface area contributed by atoms with Crippen LogP contribution in [-0.2, 0) is 11.4 Å². The van der Waals surface area contributed by atoms with E-state index in [0.29, 0.717) is 16.3 Å². The maximum atomic E-state index is 13.0. The second kappa shape index (κ2) is 9.55. The minimum absolute atomic E-state index is 0.152. The van der Waals surface area contributed by atoms with Crippen LogP contribution >= 0.6 is 46.6 Å². The summed E-state index contributed by atoms with van der Waals surface area (Å²) in [5.74, 6) is -0.523. The van der Waals surface area contributed by atoms with Crippen LogP contribution in [-0.4, -0.2) is 11.1 Å². The highest BCUT2D eigenvalue weighted by Crippen LogP contribution is 2.39. The van der Waals surface area contributed by atoms with E-state index in [-0.39, 0.29) is 33.1 Å². The summed E-state index contributed by atoms with van der Waals surface area (Å²) in [7, 11) is 0. The highest BCUT2D eigenvalue weighted by molar-refractivity contribution is 8.19. The second-order valence-corrected chi connectivity index (χ2v) is 8.97. The maximum absolute atomic E-state index is 13.0. The molecule has 1 aliphatic heterocycles. The summed E-state index contributed by atoms with van der Waals surface area (Å²) in [6.07, 6.45) is 1.54. The van der Waals surface area contributed by atoms with Crippen molar-refractivity contribution in [2.75, 3.05) is 4.90 Å². The molecule has 0 radical (unpaired) electrons. The molecular weight excluding hydrogens is 496 g/mol. The molecule has 0 spiro atoms. The molecule has 1 aliphatic rings. The SMILES string of the molecule is O=C1S/C(=C/c2cc(Cl)c(OCc3ccc(F)cc3)c(Cl)c2)C(=O)N1c1ccc(Cl)cc1. The number of benzene rings is 3. The van der Waals surface area contributed by atoms with Gasteiger partial charge in [0.2, 0.25) is 0 Å². The number of hydrogen-bond donors (Lipinski definition) is 0. The molecule has 0 saturated carbocycles. The fourth-order valence-corrected chi connectivity index (χ4v) is 4.55. The lowest BCUT2D eigenvalue weighted by Crippen LogP contribution is -2.27. The van der Waals surface area contributed by atoms with E-state index < -0.39 is 11.1 Å². The Morgan fingerprint density at radius 1 is 0.938 bits per heavy atom. The first kappa shape index (κ1) is 22.7. The summed E-state index contributed by atoms with van der Waals surface area (Å²) in [5.41, 5.74) is 1.72. The number of thioether (sulfide) groups is 1. The van der Waals surface area contributed by atoms with Crippen molar-refractivity contribution >= 4 is 69.5 Å². The Labute approximate surface area is 202 Å². The summed E-state index contributed by atoms with van der Waals surface area (Å²) >= 11 is 19.4. The summed E-state index contributed by atoms with van der Waals surface area (Å²) in [6.45, 7) is 0.152. The minimum Gasteiger partial charge on any atom is -0.486 e. The van der Waals surface area contributed by atoms with Gasteiger partial charge in [0.05, 0.1) is 20.6 Å². The highest BCUT2D eigenvalue weighted by atomic mass is 35.5. The van der Waals surface area contributed by atoms with E-state index >= 15 is 0 Å². The van der Waals surface area contributed by atoms with E-state index in [1.165, 1.54) is 12.1 Å². The van der Waals surface area contributed by atoms with E-state index in [4.69, 9.17) is 39.5 Å². The van der Waals surface area contributed by atoms with Gasteiger partial charge in [-0.25, -0.2) is 9.29 Å². The van der Waals surface area contributed by atoms with Crippen molar-refractivity contribution in [1.29, 1.82) is 0 Å². The number of carbonyl (C=O) groups excluding carboxylic acids is 2. The number of ether oxygens (including phenoxy) is 1. The number of anilines is 1. The Kier molecular flexibility index (Phi) is 6.76. The molecular formula is C23H13Cl3FNO3S. The molecule has 1 heterocycles. The van der Waals surface area contributed by atoms with Crippen molar-refractivity contribution in [1.82, 2.24) is 0 Å². The molecule has 0 bridgehead atoms. The number of carbonyl (C=O) groups is 2. The van der Waals surface area contributed by atoms with Crippen molar-refractivity contribution in [2.45, 2.75) is 6.61 Å². The monoisotopic (exact) mass is 507 g/mol. The van der Waals surface area contributed by atoms with Gasteiger partial charge in [-0.15, -0.1) is 0 Å². The zero-order valence-electron chi connectivity index (χ0n) is 16.2. The van der Waals surface area contributed by atoms with Gasteiger partial charge in [0.1, 0.15) is 12.4 Å². The molecule has 0 atom stereocenters. The summed E-state index contributed by atoms with van der Waals surface area (Å²) in [5, 5.41) is 0.563. The predicted molar refractivity (Wildman–Crippen MR) is 127 cm³/mol. The molecule has 9 heteroatoms. The van der Waals surface area contributed by atoms with Gasteiger partial charge in [0, 0.05) is 5.02 Å². The fourth-order valence-electron chi connectivity index (χ4n) is 2.97. The molecule has 3 aromatic rings. The quantitative estimate of drug-likeness (QED) is 0.333. The number of nitrogens with zero attached hydrogens (tertiary/aromatic N) is 1. The molecule has 1 saturated heterocycles. The normalized spacial score (nSPS) is 15.0. The van der Waals surface area contributed by atoms with Gasteiger partial charge in [-0.05, 0) is 77.5 Å². The van der Waals surface area contributed by atoms with Gasteiger partial charge in [-0.1, -0.05) is 46.9 Å². The molecule has 0 N–H and O–H groups in total. The van der Waals surface area contributed by atoms with Crippen LogP contribution in [0.2, 0.25) is 15.1 Å². The smallest absolute Gasteiger partial charge is 0.298 e. The summed E-state index contributed by atoms with van der Waals surface area (Å²) in [6, 6.07) is 15.5. The van der Waals surface area contributed by atoms with Crippen LogP contribution in [0.3, 0.4) is 0 Å². The number of hydrogen-bond acceptors (Lipinski definition) is 4. The van der Waals surface area contributed by atoms with Gasteiger partial charge >= 0.3 is 0 Å². The minimum atomic E-state index is -0.453. The largest absolute Gasteiger partial charge is 0.486 e. The lowest BCUT2D eigenvalue weighted by atomic mass is 10.2. The van der Waals surface area contributed by atoms with Crippen LogP contribution in [0.25, 0.3) is 6.08 Å². The molecule has 162 valence electrons. The first-order valence-corrected chi connectivity index (χ1v) is 11.2. The topological polar surface area (TPSA) is 46.6 Å². The lowest BCUT2D eigenvalue weighted by molar-refractivity contribution is -0.113. The molecule has 3 aromatic carbocycles. The number of imide groups is 1. The number of halogens is 4. The van der Waals surface area contributed by atoms with Crippen molar-refractivity contribution < 1.29 is 18.7 Å². The summed E-state index contributed by atoms with van der Waals surface area (Å²) < 4.78 is 18.7. The number of rotatable bonds is 5. The molecule has 4 nitrogen and oxygen atoms in total. The maximum Gasteiger partial charge on any atom is 0.298 e. The van der Waals surface area contributed by atoms with Gasteiger partial charge < -0.3 is 4.74 Å². The Hall–Kier alpha value is -2.51. The van der Waals surface area contributed by atoms with Crippen LogP contribution in [0.5, 0.6) is 5.75 Å². The first-order valence-electron chi connectivity index (χ1n) is 9.21. The molecule has 0 unspecified atom stereocenters. The molecule has 0 aromatic heterocycles. The molecule has 32 heavy (non-hydrogen) atoms. The second-order valence-electron chi connectivity index (χ2n) is 6.72. The van der Waals surface area contributed by atoms with E-state index in [1.807, 2.05) is 0 Å². The highest BCUT2D eigenvalue weighted by Gasteiger charge is 2.36. The first-order chi connectivity index (χ1) is 15.3. The Bertz CT molecular complexity index is 1210. The van der Waals surface area contributed by atoms with Crippen LogP contribution in [0.4, 0.5) is 14.9 Å². The van der Waals surface area contributed by atoms with Crippen molar-refractivity contribution in [2.24, 2.45) is 0 Å². The Balaban J connectivity index is 1.54. The molecule has 2 amide bonds. The predicted octanol–water partition coefficient (Wildman–Crippen LogP) is 7.61. The third-order valence-electron chi connectivity index (χ3n) is 4.49. The fraction of sp³-hybridized carbons (Fsp3) is 0.0435. The van der Waals surface area contributed by atoms with Crippen LogP contribution in [0, 0.1) is 5.82 Å². The van der Waals surface area contributed by atoms with E-state index in [2.05, 4.69) is 0 Å². The Morgan fingerprint density at radius 3 is 2.19 bits per heavy atom. The zero-order chi connectivity index (χ0) is 22.8. The number of amides is 2. The van der Waals surface area contributed by atoms with Gasteiger partial charge in [-0.3, -0.25) is 9.59 Å². The van der Waals surface area contributed by atoms with Crippen LogP contribution < -0.4 is 9.64 Å². The zero-order valence-corrected chi connectivity index (χ0v) is 19.2. The van der Waals surface area contributed by atoms with Crippen LogP contribution in [0.15, 0.2) is 65.6 Å². The summed E-state index contributed by atoms with van der Waals surface area (Å²) in [4.78, 5) is 26.5. The third kappa shape index (κ3) is 4.94. The lowest BCUT2D eigenvalue weighted by Gasteiger charge is -2.12. The van der Waals surface area contributed by atoms with E-state index in [0.717, 1.165) is 22.2 Å². The average molecular weight is 509 g/mol. The van der Waals surface area contributed by atoms with Crippen molar-refractivity contribution in [3.8, 4) is 5.75 Å². The van der Waals surface area contributed by atoms with Gasteiger partial charge in [0.25, 0.3) is 11.1 Å². The van der Waals surface area contributed by atoms with Gasteiger partial charge in [-0.2, -0.15) is 0 Å². The van der Waals surface area contributed by atoms with Crippen molar-refractivity contribution in [3.63, 3.8) is 0 Å². The Morgan fingerprint density at radius 2 is 1.56 bits per heavy atom. The van der Waals surface area contributed by atoms with E-state index in [1.54, 1.807) is 54.6 Å². The standard InChI is InChI=1S/C23H13Cl3FNO3S/c24-15-3-7-17(8-4-15)28-22(29)20(32-23(28)30)11-14-9-18(25)21(19(26)10-14)31-12-13-1-5-16(27)6-2-13/h1-11H,12H2/b20-11+. The van der Waals surface area contributed by atoms with Gasteiger partial charge in [0.15, 0.2) is 5.75 Å². The molecule has 1 fully saturated rings.